The van der Waals surface area contributed by atoms with Crippen LogP contribution in [-0.2, 0) is 7.05 Å². The fraction of sp³-hybridized carbons (Fsp3) is 0.0909. The van der Waals surface area contributed by atoms with Gasteiger partial charge in [-0.05, 0) is 0 Å². The van der Waals surface area contributed by atoms with Gasteiger partial charge in [-0.15, -0.1) is 0 Å². The van der Waals surface area contributed by atoms with Crippen molar-refractivity contribution in [2.45, 2.75) is 6.92 Å². The van der Waals surface area contributed by atoms with Crippen molar-refractivity contribution in [3.63, 3.8) is 0 Å². The Kier molecular flexibility index (Phi) is 4.01. The molecule has 0 aliphatic heterocycles. The molecule has 118 valence electrons. The normalized spacial score (nSPS) is 11.1. The Balaban J connectivity index is 1.98. The number of para-hydroxylation sites is 1. The van der Waals surface area contributed by atoms with E-state index in [0.29, 0.717) is 0 Å². The van der Waals surface area contributed by atoms with Crippen LogP contribution in [0.3, 0.4) is 0 Å². The minimum absolute atomic E-state index is 0.279. The van der Waals surface area contributed by atoms with E-state index in [1.54, 1.807) is 0 Å². The molecular weight excluding hydrogens is 357 g/mol. The van der Waals surface area contributed by atoms with E-state index in [0.717, 1.165) is 0 Å². The molecule has 4 rings (SSSR count). The third-order valence-electron chi connectivity index (χ3n) is 4.32. The molecule has 0 saturated carbocycles. The number of hydrogen-bond donors (Lipinski definition) is 0. The summed E-state index contributed by atoms with van der Waals surface area (Å²) < 4.78 is 5.23. The van der Waals surface area contributed by atoms with Gasteiger partial charge in [0.05, 0.1) is 0 Å². The van der Waals surface area contributed by atoms with Gasteiger partial charge in [0, 0.05) is 0 Å². The second-order valence-corrected chi connectivity index (χ2v) is 8.31. The first-order valence-corrected chi connectivity index (χ1v) is 9.83. The van der Waals surface area contributed by atoms with Crippen LogP contribution in [0, 0.1) is 6.92 Å². The van der Waals surface area contributed by atoms with Gasteiger partial charge in [-0.2, -0.15) is 0 Å². The Labute approximate surface area is 149 Å². The van der Waals surface area contributed by atoms with Crippen LogP contribution in [0.2, 0.25) is 0 Å². The predicted molar refractivity (Wildman–Crippen MR) is 105 cm³/mol. The van der Waals surface area contributed by atoms with Crippen LogP contribution in [0.5, 0.6) is 0 Å². The van der Waals surface area contributed by atoms with Crippen LogP contribution < -0.4 is 8.92 Å². The van der Waals surface area contributed by atoms with Crippen LogP contribution in [0.4, 0.5) is 0 Å². The van der Waals surface area contributed by atoms with Crippen molar-refractivity contribution in [3.05, 3.63) is 84.4 Å². The molecule has 4 aromatic rings. The zero-order valence-corrected chi connectivity index (χ0v) is 15.6. The molecule has 0 spiro atoms. The van der Waals surface area contributed by atoms with Crippen molar-refractivity contribution < 1.29 is 0 Å². The molecule has 0 atom stereocenters. The van der Waals surface area contributed by atoms with Gasteiger partial charge in [0.15, 0.2) is 0 Å². The molecule has 1 aromatic heterocycles. The summed E-state index contributed by atoms with van der Waals surface area (Å²) in [4.78, 5) is 0. The Morgan fingerprint density at radius 2 is 1.54 bits per heavy atom. The fourth-order valence-corrected chi connectivity index (χ4v) is 5.63. The molecule has 1 heterocycles. The number of nitrogens with zero attached hydrogens (tertiary/aromatic N) is 1. The molecule has 0 saturated heterocycles. The topological polar surface area (TPSA) is 4.93 Å². The van der Waals surface area contributed by atoms with E-state index in [1.165, 1.54) is 36.6 Å². The maximum absolute atomic E-state index is 2.35. The molecular formula is C22H19NSe. The van der Waals surface area contributed by atoms with Crippen LogP contribution >= 0.6 is 0 Å². The van der Waals surface area contributed by atoms with E-state index in [9.17, 15) is 0 Å². The molecule has 24 heavy (non-hydrogen) atoms. The standard InChI is InChI=1S/C22H19NSe/c1-16-9-8-10-17(15-16)21-22(24-18-11-4-3-5-12-18)19-13-6-7-14-20(19)23(21)2/h3-15H,1-2H3. The summed E-state index contributed by atoms with van der Waals surface area (Å²) in [7, 11) is 2.19. The fourth-order valence-electron chi connectivity index (χ4n) is 3.19. The van der Waals surface area contributed by atoms with Gasteiger partial charge in [0.1, 0.15) is 0 Å². The van der Waals surface area contributed by atoms with Gasteiger partial charge in [-0.1, -0.05) is 0 Å². The summed E-state index contributed by atoms with van der Waals surface area (Å²) in [6.45, 7) is 2.16. The summed E-state index contributed by atoms with van der Waals surface area (Å²) in [6, 6.07) is 28.4. The van der Waals surface area contributed by atoms with Gasteiger partial charge in [0.25, 0.3) is 0 Å². The van der Waals surface area contributed by atoms with Gasteiger partial charge in [-0.25, -0.2) is 0 Å². The number of aromatic nitrogens is 1. The summed E-state index contributed by atoms with van der Waals surface area (Å²) >= 11 is 0.279. The number of rotatable bonds is 3. The third-order valence-corrected chi connectivity index (χ3v) is 6.68. The van der Waals surface area contributed by atoms with Crippen molar-refractivity contribution in [1.82, 2.24) is 4.57 Å². The summed E-state index contributed by atoms with van der Waals surface area (Å²) in [5, 5.41) is 1.38. The molecule has 0 amide bonds. The Morgan fingerprint density at radius 3 is 2.33 bits per heavy atom. The zero-order valence-electron chi connectivity index (χ0n) is 13.9. The van der Waals surface area contributed by atoms with Crippen molar-refractivity contribution in [3.8, 4) is 11.3 Å². The average Bonchev–Trinajstić information content (AvgIpc) is 2.89. The Hall–Kier alpha value is -2.28. The van der Waals surface area contributed by atoms with Gasteiger partial charge in [-0.3, -0.25) is 0 Å². The average molecular weight is 376 g/mol. The van der Waals surface area contributed by atoms with E-state index < -0.39 is 0 Å². The maximum atomic E-state index is 2.35. The van der Waals surface area contributed by atoms with Crippen molar-refractivity contribution in [1.29, 1.82) is 0 Å². The van der Waals surface area contributed by atoms with Crippen LogP contribution in [0.25, 0.3) is 22.2 Å². The SMILES string of the molecule is Cc1cccc(-c2c([Se]c3ccccc3)c3ccccc3n2C)c1. The zero-order chi connectivity index (χ0) is 16.5. The van der Waals surface area contributed by atoms with Crippen molar-refractivity contribution in [2.75, 3.05) is 0 Å². The third kappa shape index (κ3) is 2.69. The van der Waals surface area contributed by atoms with Gasteiger partial charge < -0.3 is 0 Å². The minimum atomic E-state index is 0.279. The van der Waals surface area contributed by atoms with Crippen LogP contribution in [0.1, 0.15) is 5.56 Å². The first-order valence-electron chi connectivity index (χ1n) is 8.11. The van der Waals surface area contributed by atoms with Gasteiger partial charge >= 0.3 is 149 Å². The molecule has 3 aromatic carbocycles. The number of hydrogen-bond acceptors (Lipinski definition) is 0. The van der Waals surface area contributed by atoms with E-state index in [1.807, 2.05) is 0 Å². The molecule has 0 bridgehead atoms. The Bertz CT molecular complexity index is 999. The molecule has 0 fully saturated rings. The molecule has 0 N–H and O–H groups in total. The molecule has 2 heteroatoms. The number of aryl methyl sites for hydroxylation is 2. The number of benzene rings is 3. The molecule has 1 nitrogen and oxygen atoms in total. The quantitative estimate of drug-likeness (QED) is 0.479. The molecule has 0 aliphatic carbocycles. The number of fused-ring (bicyclic) bond motifs is 1. The first-order chi connectivity index (χ1) is 11.7. The van der Waals surface area contributed by atoms with E-state index in [-0.39, 0.29) is 15.0 Å². The summed E-state index contributed by atoms with van der Waals surface area (Å²) in [5.74, 6) is 0. The van der Waals surface area contributed by atoms with Crippen LogP contribution in [0.15, 0.2) is 78.9 Å². The molecule has 0 unspecified atom stereocenters. The monoisotopic (exact) mass is 377 g/mol. The van der Waals surface area contributed by atoms with Crippen molar-refractivity contribution >= 4 is 34.8 Å². The molecule has 0 radical (unpaired) electrons. The van der Waals surface area contributed by atoms with Crippen LogP contribution in [-0.4, -0.2) is 19.5 Å². The second-order valence-electron chi connectivity index (χ2n) is 6.04. The van der Waals surface area contributed by atoms with Crippen molar-refractivity contribution in [2.24, 2.45) is 7.05 Å². The summed E-state index contributed by atoms with van der Waals surface area (Å²) in [5.41, 5.74) is 5.27. The summed E-state index contributed by atoms with van der Waals surface area (Å²) in [6.07, 6.45) is 0. The molecule has 0 aliphatic rings. The van der Waals surface area contributed by atoms with Gasteiger partial charge in [0.2, 0.25) is 0 Å². The van der Waals surface area contributed by atoms with E-state index in [2.05, 4.69) is 97.4 Å². The van der Waals surface area contributed by atoms with E-state index >= 15 is 0 Å². The first kappa shape index (κ1) is 15.3. The van der Waals surface area contributed by atoms with E-state index in [4.69, 9.17) is 0 Å². The second kappa shape index (κ2) is 6.31. The Morgan fingerprint density at radius 1 is 0.792 bits per heavy atom. The predicted octanol–water partition coefficient (Wildman–Crippen LogP) is 3.81.